The van der Waals surface area contributed by atoms with E-state index in [1.165, 1.54) is 11.3 Å². The fourth-order valence-corrected chi connectivity index (χ4v) is 6.94. The SMILES string of the molecule is CCOP(=O)(CCCNc1nc(NC2CCN(Cc3c(OC)cccc3N(C)C)CC2)c2ccccc2n1)OCC. The molecule has 224 valence electrons. The zero-order valence-electron chi connectivity index (χ0n) is 25.1. The maximum atomic E-state index is 12.8. The standard InChI is InChI=1S/C30H45N6O4P/c1-6-39-41(37,40-7-2)21-11-18-31-30-33-26-13-9-8-12-24(26)29(34-30)32-23-16-19-36(20-17-23)22-25-27(35(3)4)14-10-15-28(25)38-5/h8-10,12-15,23H,6-7,11,16-22H2,1-5H3,(H2,31,32,33,34). The molecule has 0 atom stereocenters. The molecule has 0 unspecified atom stereocenters. The van der Waals surface area contributed by atoms with Crippen molar-refractivity contribution in [2.75, 3.05) is 75.7 Å². The maximum Gasteiger partial charge on any atom is 0.330 e. The Bertz CT molecular complexity index is 1310. The Hall–Kier alpha value is -2.91. The molecule has 2 heterocycles. The molecule has 1 aromatic heterocycles. The van der Waals surface area contributed by atoms with Crippen LogP contribution in [0.15, 0.2) is 42.5 Å². The van der Waals surface area contributed by atoms with Gasteiger partial charge in [0, 0.05) is 63.0 Å². The quantitative estimate of drug-likeness (QED) is 0.167. The number of nitrogens with one attached hydrogen (secondary N) is 2. The van der Waals surface area contributed by atoms with Gasteiger partial charge >= 0.3 is 7.60 Å². The number of benzene rings is 2. The number of hydrogen-bond donors (Lipinski definition) is 2. The minimum Gasteiger partial charge on any atom is -0.496 e. The monoisotopic (exact) mass is 584 g/mol. The van der Waals surface area contributed by atoms with Crippen LogP contribution in [0.5, 0.6) is 5.75 Å². The zero-order chi connectivity index (χ0) is 29.2. The van der Waals surface area contributed by atoms with Crippen LogP contribution in [-0.4, -0.2) is 81.1 Å². The average molecular weight is 585 g/mol. The second-order valence-electron chi connectivity index (χ2n) is 10.4. The second-order valence-corrected chi connectivity index (χ2v) is 12.6. The van der Waals surface area contributed by atoms with Crippen LogP contribution in [0.1, 0.15) is 38.7 Å². The Kier molecular flexibility index (Phi) is 11.2. The van der Waals surface area contributed by atoms with Crippen molar-refractivity contribution < 1.29 is 18.3 Å². The van der Waals surface area contributed by atoms with E-state index in [4.69, 9.17) is 23.8 Å². The highest BCUT2D eigenvalue weighted by atomic mass is 31.2. The summed E-state index contributed by atoms with van der Waals surface area (Å²) in [6, 6.07) is 14.6. The predicted octanol–water partition coefficient (Wildman–Crippen LogP) is 5.85. The number of rotatable bonds is 15. The van der Waals surface area contributed by atoms with Gasteiger partial charge < -0.3 is 29.3 Å². The van der Waals surface area contributed by atoms with Gasteiger partial charge in [-0.05, 0) is 57.4 Å². The van der Waals surface area contributed by atoms with Crippen molar-refractivity contribution in [1.82, 2.24) is 14.9 Å². The van der Waals surface area contributed by atoms with Crippen molar-refractivity contribution in [2.24, 2.45) is 0 Å². The molecule has 10 nitrogen and oxygen atoms in total. The molecule has 0 spiro atoms. The largest absolute Gasteiger partial charge is 0.496 e. The van der Waals surface area contributed by atoms with E-state index in [2.05, 4.69) is 46.7 Å². The third-order valence-corrected chi connectivity index (χ3v) is 9.43. The molecule has 1 saturated heterocycles. The molecule has 2 aromatic carbocycles. The van der Waals surface area contributed by atoms with Gasteiger partial charge in [0.2, 0.25) is 5.95 Å². The number of nitrogens with zero attached hydrogens (tertiary/aromatic N) is 4. The van der Waals surface area contributed by atoms with Gasteiger partial charge in [0.25, 0.3) is 0 Å². The molecule has 1 aliphatic heterocycles. The smallest absolute Gasteiger partial charge is 0.330 e. The highest BCUT2D eigenvalue weighted by Gasteiger charge is 2.24. The second kappa shape index (κ2) is 14.8. The van der Waals surface area contributed by atoms with Crippen molar-refractivity contribution in [3.8, 4) is 5.75 Å². The summed E-state index contributed by atoms with van der Waals surface area (Å²) in [5, 5.41) is 8.03. The van der Waals surface area contributed by atoms with Gasteiger partial charge in [-0.15, -0.1) is 0 Å². The highest BCUT2D eigenvalue weighted by Crippen LogP contribution is 2.48. The molecule has 0 saturated carbocycles. The van der Waals surface area contributed by atoms with Crippen LogP contribution >= 0.6 is 7.60 Å². The zero-order valence-corrected chi connectivity index (χ0v) is 26.0. The number of fused-ring (bicyclic) bond motifs is 1. The maximum absolute atomic E-state index is 12.8. The molecule has 1 aliphatic rings. The number of methoxy groups -OCH3 is 1. The van der Waals surface area contributed by atoms with Crippen LogP contribution in [0.25, 0.3) is 10.9 Å². The minimum atomic E-state index is -3.06. The van der Waals surface area contributed by atoms with Gasteiger partial charge in [0.15, 0.2) is 0 Å². The number of para-hydroxylation sites is 1. The summed E-state index contributed by atoms with van der Waals surface area (Å²) < 4.78 is 29.3. The first-order valence-electron chi connectivity index (χ1n) is 14.6. The average Bonchev–Trinajstić information content (AvgIpc) is 2.96. The normalized spacial score (nSPS) is 14.8. The summed E-state index contributed by atoms with van der Waals surface area (Å²) in [5.74, 6) is 2.33. The lowest BCUT2D eigenvalue weighted by atomic mass is 10.0. The molecular formula is C30H45N6O4P. The van der Waals surface area contributed by atoms with Crippen LogP contribution < -0.4 is 20.3 Å². The van der Waals surface area contributed by atoms with Crippen molar-refractivity contribution in [3.63, 3.8) is 0 Å². The molecule has 3 aromatic rings. The van der Waals surface area contributed by atoms with E-state index in [0.717, 1.165) is 54.9 Å². The van der Waals surface area contributed by atoms with Gasteiger partial charge in [-0.2, -0.15) is 4.98 Å². The fraction of sp³-hybridized carbons (Fsp3) is 0.533. The fourth-order valence-electron chi connectivity index (χ4n) is 5.27. The molecule has 1 fully saturated rings. The molecule has 0 aliphatic carbocycles. The lowest BCUT2D eigenvalue weighted by Gasteiger charge is -2.34. The Morgan fingerprint density at radius 1 is 1.02 bits per heavy atom. The summed E-state index contributed by atoms with van der Waals surface area (Å²) >= 11 is 0. The number of aromatic nitrogens is 2. The first kappa shape index (κ1) is 31.0. The van der Waals surface area contributed by atoms with Crippen molar-refractivity contribution in [2.45, 2.75) is 45.7 Å². The summed E-state index contributed by atoms with van der Waals surface area (Å²) in [4.78, 5) is 14.2. The number of hydrogen-bond acceptors (Lipinski definition) is 10. The summed E-state index contributed by atoms with van der Waals surface area (Å²) in [6.07, 6.45) is 3.00. The van der Waals surface area contributed by atoms with Crippen molar-refractivity contribution >= 4 is 36.0 Å². The van der Waals surface area contributed by atoms with E-state index < -0.39 is 7.60 Å². The van der Waals surface area contributed by atoms with E-state index in [1.807, 2.05) is 44.2 Å². The van der Waals surface area contributed by atoms with Gasteiger partial charge in [0.05, 0.1) is 32.0 Å². The topological polar surface area (TPSA) is 101 Å². The lowest BCUT2D eigenvalue weighted by Crippen LogP contribution is -2.39. The van der Waals surface area contributed by atoms with Crippen LogP contribution in [0.2, 0.25) is 0 Å². The summed E-state index contributed by atoms with van der Waals surface area (Å²) in [6.45, 7) is 7.77. The molecule has 0 radical (unpaired) electrons. The predicted molar refractivity (Wildman–Crippen MR) is 168 cm³/mol. The summed E-state index contributed by atoms with van der Waals surface area (Å²) in [7, 11) is 2.83. The molecule has 2 N–H and O–H groups in total. The Labute approximate surface area is 244 Å². The molecule has 0 bridgehead atoms. The van der Waals surface area contributed by atoms with E-state index in [0.29, 0.717) is 44.3 Å². The lowest BCUT2D eigenvalue weighted by molar-refractivity contribution is 0.209. The van der Waals surface area contributed by atoms with Gasteiger partial charge in [-0.25, -0.2) is 4.98 Å². The Morgan fingerprint density at radius 2 is 1.76 bits per heavy atom. The van der Waals surface area contributed by atoms with Crippen LogP contribution in [0, 0.1) is 0 Å². The molecular weight excluding hydrogens is 539 g/mol. The number of likely N-dealkylation sites (tertiary alicyclic amines) is 1. The minimum absolute atomic E-state index is 0.312. The Balaban J connectivity index is 1.38. The van der Waals surface area contributed by atoms with Crippen molar-refractivity contribution in [1.29, 1.82) is 0 Å². The molecule has 11 heteroatoms. The first-order chi connectivity index (χ1) is 19.9. The van der Waals surface area contributed by atoms with Gasteiger partial charge in [-0.1, -0.05) is 18.2 Å². The van der Waals surface area contributed by atoms with Crippen molar-refractivity contribution in [3.05, 3.63) is 48.0 Å². The third-order valence-electron chi connectivity index (χ3n) is 7.27. The van der Waals surface area contributed by atoms with E-state index in [9.17, 15) is 4.57 Å². The van der Waals surface area contributed by atoms with Gasteiger partial charge in [0.1, 0.15) is 11.6 Å². The third kappa shape index (κ3) is 8.32. The number of piperidine rings is 1. The summed E-state index contributed by atoms with van der Waals surface area (Å²) in [5.41, 5.74) is 3.30. The highest BCUT2D eigenvalue weighted by molar-refractivity contribution is 7.53. The molecule has 4 rings (SSSR count). The number of ether oxygens (including phenoxy) is 1. The van der Waals surface area contributed by atoms with Gasteiger partial charge in [-0.3, -0.25) is 9.46 Å². The Morgan fingerprint density at radius 3 is 2.44 bits per heavy atom. The van der Waals surface area contributed by atoms with E-state index in [-0.39, 0.29) is 0 Å². The number of anilines is 3. The van der Waals surface area contributed by atoms with Crippen LogP contribution in [0.3, 0.4) is 0 Å². The van der Waals surface area contributed by atoms with E-state index >= 15 is 0 Å². The molecule has 0 amide bonds. The van der Waals surface area contributed by atoms with Crippen LogP contribution in [0.4, 0.5) is 17.5 Å². The van der Waals surface area contributed by atoms with Crippen LogP contribution in [-0.2, 0) is 20.2 Å². The van der Waals surface area contributed by atoms with E-state index in [1.54, 1.807) is 7.11 Å². The molecule has 41 heavy (non-hydrogen) atoms. The first-order valence-corrected chi connectivity index (χ1v) is 16.3.